The number of imide groups is 1. The lowest BCUT2D eigenvalue weighted by Crippen LogP contribution is -2.67. The molecule has 3 amide bonds. The maximum atomic E-state index is 13.3. The molecule has 3 heterocycles. The van der Waals surface area contributed by atoms with Crippen LogP contribution in [0.15, 0.2) is 18.2 Å². The number of carbonyl (C=O) groups is 3. The van der Waals surface area contributed by atoms with Crippen LogP contribution >= 0.6 is 0 Å². The summed E-state index contributed by atoms with van der Waals surface area (Å²) in [5.74, 6) is 0.323. The van der Waals surface area contributed by atoms with E-state index in [2.05, 4.69) is 15.0 Å². The number of hydrogen-bond donors (Lipinski definition) is 1. The van der Waals surface area contributed by atoms with Crippen molar-refractivity contribution < 1.29 is 28.6 Å². The summed E-state index contributed by atoms with van der Waals surface area (Å²) in [5, 5.41) is 3.43. The molecule has 3 aliphatic heterocycles. The van der Waals surface area contributed by atoms with Gasteiger partial charge in [-0.2, -0.15) is 0 Å². The SMILES string of the molecule is COC(=O)CN1C(=O)C2C(NC3N(c4cc(OC)ccc4OC)CCCN23)N(C)C1=O. The molecule has 0 bridgehead atoms. The summed E-state index contributed by atoms with van der Waals surface area (Å²) in [6.07, 6.45) is -0.0397. The summed E-state index contributed by atoms with van der Waals surface area (Å²) >= 11 is 0. The van der Waals surface area contributed by atoms with Crippen molar-refractivity contribution in [2.45, 2.75) is 24.9 Å². The predicted octanol–water partition coefficient (Wildman–Crippen LogP) is -0.136. The van der Waals surface area contributed by atoms with Crippen LogP contribution in [-0.2, 0) is 14.3 Å². The van der Waals surface area contributed by atoms with Gasteiger partial charge in [-0.25, -0.2) is 4.79 Å². The minimum absolute atomic E-state index is 0.331. The van der Waals surface area contributed by atoms with Gasteiger partial charge in [-0.3, -0.25) is 24.7 Å². The molecule has 3 atom stereocenters. The second kappa shape index (κ2) is 8.23. The largest absolute Gasteiger partial charge is 0.497 e. The Bertz CT molecular complexity index is 895. The van der Waals surface area contributed by atoms with Crippen molar-refractivity contribution >= 4 is 23.6 Å². The molecule has 3 fully saturated rings. The number of amides is 3. The highest BCUT2D eigenvalue weighted by Crippen LogP contribution is 2.38. The van der Waals surface area contributed by atoms with Crippen LogP contribution in [-0.4, -0.2) is 99.1 Å². The van der Waals surface area contributed by atoms with E-state index < -0.39 is 36.7 Å². The van der Waals surface area contributed by atoms with Gasteiger partial charge in [-0.05, 0) is 18.6 Å². The third-order valence-corrected chi connectivity index (χ3v) is 6.08. The number of esters is 1. The van der Waals surface area contributed by atoms with Crippen molar-refractivity contribution in [1.82, 2.24) is 20.0 Å². The number of benzene rings is 1. The third kappa shape index (κ3) is 3.43. The van der Waals surface area contributed by atoms with Crippen molar-refractivity contribution in [1.29, 1.82) is 0 Å². The van der Waals surface area contributed by atoms with Gasteiger partial charge in [-0.1, -0.05) is 0 Å². The van der Waals surface area contributed by atoms with Gasteiger partial charge >= 0.3 is 12.0 Å². The molecule has 1 aromatic carbocycles. The van der Waals surface area contributed by atoms with E-state index in [1.165, 1.54) is 12.0 Å². The molecule has 3 saturated heterocycles. The first-order valence-electron chi connectivity index (χ1n) is 10.1. The van der Waals surface area contributed by atoms with Crippen molar-refractivity contribution in [2.75, 3.05) is 52.9 Å². The highest BCUT2D eigenvalue weighted by molar-refractivity contribution is 6.02. The number of ether oxygens (including phenoxy) is 3. The molecule has 168 valence electrons. The second-order valence-corrected chi connectivity index (χ2v) is 7.65. The number of nitrogens with zero attached hydrogens (tertiary/aromatic N) is 4. The first-order valence-corrected chi connectivity index (χ1v) is 10.1. The molecule has 4 rings (SSSR count). The van der Waals surface area contributed by atoms with Crippen LogP contribution in [0.25, 0.3) is 0 Å². The topological polar surface area (TPSA) is 104 Å². The molecule has 0 spiro atoms. The van der Waals surface area contributed by atoms with Crippen molar-refractivity contribution in [3.8, 4) is 11.5 Å². The average molecular weight is 433 g/mol. The zero-order valence-electron chi connectivity index (χ0n) is 18.0. The maximum absolute atomic E-state index is 13.3. The number of fused-ring (bicyclic) bond motifs is 3. The fourth-order valence-corrected chi connectivity index (χ4v) is 4.53. The van der Waals surface area contributed by atoms with Crippen LogP contribution in [0.3, 0.4) is 0 Å². The Kier molecular flexibility index (Phi) is 5.63. The molecule has 11 heteroatoms. The van der Waals surface area contributed by atoms with Gasteiger partial charge in [-0.15, -0.1) is 0 Å². The highest BCUT2D eigenvalue weighted by Gasteiger charge is 2.56. The maximum Gasteiger partial charge on any atom is 0.328 e. The minimum Gasteiger partial charge on any atom is -0.497 e. The fraction of sp³-hybridized carbons (Fsp3) is 0.550. The zero-order chi connectivity index (χ0) is 22.3. The van der Waals surface area contributed by atoms with Gasteiger partial charge in [0.2, 0.25) is 0 Å². The first-order chi connectivity index (χ1) is 14.9. The number of rotatable bonds is 5. The lowest BCUT2D eigenvalue weighted by molar-refractivity contribution is -0.149. The minimum atomic E-state index is -0.641. The standard InChI is InChI=1S/C20H27N5O6/c1-22-17-16(18(27)25(20(22)28)11-15(26)31-4)24-9-5-8-23(19(24)21-17)13-10-12(29-2)6-7-14(13)30-3/h6-7,10,16-17,19,21H,5,8-9,11H2,1-4H3. The molecule has 0 aliphatic carbocycles. The summed E-state index contributed by atoms with van der Waals surface area (Å²) in [5.41, 5.74) is 0.829. The molecule has 0 radical (unpaired) electrons. The third-order valence-electron chi connectivity index (χ3n) is 6.08. The Morgan fingerprint density at radius 1 is 1.16 bits per heavy atom. The summed E-state index contributed by atoms with van der Waals surface area (Å²) < 4.78 is 15.6. The Morgan fingerprint density at radius 3 is 2.61 bits per heavy atom. The number of likely N-dealkylation sites (N-methyl/N-ethyl adjacent to an activating group) is 1. The monoisotopic (exact) mass is 433 g/mol. The Labute approximate surface area is 180 Å². The van der Waals surface area contributed by atoms with Gasteiger partial charge in [0.25, 0.3) is 5.91 Å². The van der Waals surface area contributed by atoms with E-state index in [1.807, 2.05) is 23.1 Å². The van der Waals surface area contributed by atoms with Crippen LogP contribution in [0.1, 0.15) is 6.42 Å². The highest BCUT2D eigenvalue weighted by atomic mass is 16.5. The fourth-order valence-electron chi connectivity index (χ4n) is 4.53. The first kappa shape index (κ1) is 21.2. The van der Waals surface area contributed by atoms with E-state index in [4.69, 9.17) is 9.47 Å². The number of urea groups is 1. The van der Waals surface area contributed by atoms with E-state index in [9.17, 15) is 14.4 Å². The lowest BCUT2D eigenvalue weighted by atomic mass is 10.1. The Hall–Kier alpha value is -3.05. The van der Waals surface area contributed by atoms with E-state index in [0.29, 0.717) is 18.0 Å². The van der Waals surface area contributed by atoms with Crippen molar-refractivity contribution in [3.05, 3.63) is 18.2 Å². The molecule has 0 aromatic heterocycles. The van der Waals surface area contributed by atoms with Gasteiger partial charge in [0.1, 0.15) is 36.5 Å². The van der Waals surface area contributed by atoms with Crippen LogP contribution < -0.4 is 19.7 Å². The molecular formula is C20H27N5O6. The van der Waals surface area contributed by atoms with E-state index >= 15 is 0 Å². The molecule has 3 unspecified atom stereocenters. The summed E-state index contributed by atoms with van der Waals surface area (Å²) in [4.78, 5) is 44.4. The molecular weight excluding hydrogens is 406 g/mol. The number of methoxy groups -OCH3 is 3. The number of carbonyl (C=O) groups excluding carboxylic acids is 3. The number of hydrogen-bond acceptors (Lipinski definition) is 9. The van der Waals surface area contributed by atoms with E-state index in [-0.39, 0.29) is 6.29 Å². The zero-order valence-corrected chi connectivity index (χ0v) is 18.0. The number of anilines is 1. The van der Waals surface area contributed by atoms with Gasteiger partial charge in [0.15, 0.2) is 0 Å². The lowest BCUT2D eigenvalue weighted by Gasteiger charge is -2.43. The normalized spacial score (nSPS) is 25.9. The molecule has 11 nitrogen and oxygen atoms in total. The molecule has 1 N–H and O–H groups in total. The molecule has 31 heavy (non-hydrogen) atoms. The van der Waals surface area contributed by atoms with Crippen LogP contribution in [0.4, 0.5) is 10.5 Å². The van der Waals surface area contributed by atoms with E-state index in [1.54, 1.807) is 21.3 Å². The van der Waals surface area contributed by atoms with Crippen molar-refractivity contribution in [2.24, 2.45) is 0 Å². The summed E-state index contributed by atoms with van der Waals surface area (Å²) in [6, 6.07) is 4.42. The van der Waals surface area contributed by atoms with Gasteiger partial charge < -0.3 is 24.0 Å². The van der Waals surface area contributed by atoms with Gasteiger partial charge in [0.05, 0.1) is 27.0 Å². The molecule has 3 aliphatic rings. The predicted molar refractivity (Wildman–Crippen MR) is 110 cm³/mol. The van der Waals surface area contributed by atoms with Crippen molar-refractivity contribution in [3.63, 3.8) is 0 Å². The van der Waals surface area contributed by atoms with Gasteiger partial charge in [0, 0.05) is 26.2 Å². The number of nitrogens with one attached hydrogen (secondary N) is 1. The van der Waals surface area contributed by atoms with E-state index in [0.717, 1.165) is 23.6 Å². The Morgan fingerprint density at radius 2 is 1.94 bits per heavy atom. The quantitative estimate of drug-likeness (QED) is 0.636. The summed E-state index contributed by atoms with van der Waals surface area (Å²) in [6.45, 7) is 0.990. The summed E-state index contributed by atoms with van der Waals surface area (Å²) in [7, 11) is 6.06. The second-order valence-electron chi connectivity index (χ2n) is 7.65. The van der Waals surface area contributed by atoms with Crippen LogP contribution in [0.2, 0.25) is 0 Å². The van der Waals surface area contributed by atoms with Crippen LogP contribution in [0, 0.1) is 0 Å². The Balaban J connectivity index is 1.67. The smallest absolute Gasteiger partial charge is 0.328 e. The van der Waals surface area contributed by atoms with Crippen LogP contribution in [0.5, 0.6) is 11.5 Å². The average Bonchev–Trinajstić information content (AvgIpc) is 3.19. The molecule has 0 saturated carbocycles. The molecule has 1 aromatic rings.